The zero-order valence-electron chi connectivity index (χ0n) is 10.6. The molecular formula is C14H20O3. The minimum Gasteiger partial charge on any atom is -0.479 e. The normalized spacial score (nSPS) is 14.6. The number of ether oxygens (including phenoxy) is 1. The first-order valence-corrected chi connectivity index (χ1v) is 5.85. The van der Waals surface area contributed by atoms with E-state index in [0.29, 0.717) is 13.0 Å². The lowest BCUT2D eigenvalue weighted by molar-refractivity contribution is -0.167. The van der Waals surface area contributed by atoms with E-state index in [1.165, 1.54) is 0 Å². The Bertz CT molecular complexity index is 359. The minimum absolute atomic E-state index is 0.284. The summed E-state index contributed by atoms with van der Waals surface area (Å²) in [5.74, 6) is -0.617. The van der Waals surface area contributed by atoms with Gasteiger partial charge >= 0.3 is 5.97 Å². The molecule has 0 aliphatic heterocycles. The number of hydrogen-bond donors (Lipinski definition) is 1. The fourth-order valence-corrected chi connectivity index (χ4v) is 1.80. The van der Waals surface area contributed by atoms with Gasteiger partial charge in [-0.05, 0) is 24.8 Å². The maximum atomic E-state index is 11.3. The molecule has 0 radical (unpaired) electrons. The Hall–Kier alpha value is -1.35. The number of carboxylic acids is 1. The SMILES string of the molecule is CC(C)C[C@](C)(OCc1ccccc1)C(=O)O. The molecule has 1 atom stereocenters. The molecule has 0 amide bonds. The van der Waals surface area contributed by atoms with Crippen LogP contribution in [-0.2, 0) is 16.1 Å². The summed E-state index contributed by atoms with van der Waals surface area (Å²) in [6.07, 6.45) is 0.509. The molecule has 1 aromatic rings. The van der Waals surface area contributed by atoms with E-state index in [9.17, 15) is 9.90 Å². The fourth-order valence-electron chi connectivity index (χ4n) is 1.80. The van der Waals surface area contributed by atoms with E-state index in [2.05, 4.69) is 0 Å². The monoisotopic (exact) mass is 236 g/mol. The van der Waals surface area contributed by atoms with Crippen molar-refractivity contribution in [2.75, 3.05) is 0 Å². The molecular weight excluding hydrogens is 216 g/mol. The Balaban J connectivity index is 2.65. The van der Waals surface area contributed by atoms with Crippen LogP contribution in [0.15, 0.2) is 30.3 Å². The molecule has 3 nitrogen and oxygen atoms in total. The van der Waals surface area contributed by atoms with Crippen LogP contribution in [0.4, 0.5) is 0 Å². The van der Waals surface area contributed by atoms with Crippen molar-refractivity contribution in [3.8, 4) is 0 Å². The van der Waals surface area contributed by atoms with Crippen LogP contribution in [0.3, 0.4) is 0 Å². The van der Waals surface area contributed by atoms with Gasteiger partial charge in [0, 0.05) is 0 Å². The van der Waals surface area contributed by atoms with E-state index in [4.69, 9.17) is 4.74 Å². The van der Waals surface area contributed by atoms with E-state index in [-0.39, 0.29) is 5.92 Å². The minimum atomic E-state index is -1.11. The molecule has 0 unspecified atom stereocenters. The number of hydrogen-bond acceptors (Lipinski definition) is 2. The molecule has 1 N–H and O–H groups in total. The highest BCUT2D eigenvalue weighted by Gasteiger charge is 2.34. The average Bonchev–Trinajstić information content (AvgIpc) is 2.27. The van der Waals surface area contributed by atoms with Crippen LogP contribution in [0.5, 0.6) is 0 Å². The van der Waals surface area contributed by atoms with Crippen LogP contribution in [0, 0.1) is 5.92 Å². The molecule has 0 fully saturated rings. The summed E-state index contributed by atoms with van der Waals surface area (Å²) in [7, 11) is 0. The number of carboxylic acid groups (broad SMARTS) is 1. The summed E-state index contributed by atoms with van der Waals surface area (Å²) >= 11 is 0. The Morgan fingerprint density at radius 3 is 2.41 bits per heavy atom. The third-order valence-corrected chi connectivity index (χ3v) is 2.65. The van der Waals surface area contributed by atoms with Crippen molar-refractivity contribution in [3.05, 3.63) is 35.9 Å². The number of aliphatic carboxylic acids is 1. The highest BCUT2D eigenvalue weighted by atomic mass is 16.5. The fraction of sp³-hybridized carbons (Fsp3) is 0.500. The van der Waals surface area contributed by atoms with Crippen molar-refractivity contribution in [3.63, 3.8) is 0 Å². The number of carbonyl (C=O) groups is 1. The molecule has 0 aliphatic rings. The molecule has 17 heavy (non-hydrogen) atoms. The molecule has 94 valence electrons. The second-order valence-corrected chi connectivity index (χ2v) is 4.91. The Morgan fingerprint density at radius 2 is 1.94 bits per heavy atom. The first-order valence-electron chi connectivity index (χ1n) is 5.85. The maximum absolute atomic E-state index is 11.3. The van der Waals surface area contributed by atoms with E-state index >= 15 is 0 Å². The summed E-state index contributed by atoms with van der Waals surface area (Å²) in [5.41, 5.74) is -0.118. The van der Waals surface area contributed by atoms with Gasteiger partial charge in [0.2, 0.25) is 0 Å². The van der Waals surface area contributed by atoms with Crippen molar-refractivity contribution in [2.24, 2.45) is 5.92 Å². The lowest BCUT2D eigenvalue weighted by atomic mass is 9.94. The zero-order valence-corrected chi connectivity index (χ0v) is 10.6. The largest absolute Gasteiger partial charge is 0.479 e. The van der Waals surface area contributed by atoms with E-state index in [0.717, 1.165) is 5.56 Å². The van der Waals surface area contributed by atoms with E-state index in [1.807, 2.05) is 44.2 Å². The van der Waals surface area contributed by atoms with Gasteiger partial charge in [0.05, 0.1) is 6.61 Å². The summed E-state index contributed by atoms with van der Waals surface area (Å²) in [6, 6.07) is 9.61. The van der Waals surface area contributed by atoms with Crippen molar-refractivity contribution < 1.29 is 14.6 Å². The summed E-state index contributed by atoms with van der Waals surface area (Å²) in [5, 5.41) is 9.23. The molecule has 0 heterocycles. The van der Waals surface area contributed by atoms with Gasteiger partial charge in [-0.3, -0.25) is 0 Å². The molecule has 3 heteroatoms. The topological polar surface area (TPSA) is 46.5 Å². The average molecular weight is 236 g/mol. The van der Waals surface area contributed by atoms with Gasteiger partial charge in [-0.25, -0.2) is 4.79 Å². The van der Waals surface area contributed by atoms with Gasteiger partial charge in [-0.15, -0.1) is 0 Å². The predicted molar refractivity (Wildman–Crippen MR) is 66.7 cm³/mol. The molecule has 0 aromatic heterocycles. The van der Waals surface area contributed by atoms with Crippen molar-refractivity contribution >= 4 is 5.97 Å². The van der Waals surface area contributed by atoms with Crippen LogP contribution >= 0.6 is 0 Å². The first-order chi connectivity index (χ1) is 7.94. The standard InChI is InChI=1S/C14H20O3/c1-11(2)9-14(3,13(15)16)17-10-12-7-5-4-6-8-12/h4-8,11H,9-10H2,1-3H3,(H,15,16)/t14-/m0/s1. The molecule has 0 saturated carbocycles. The lowest BCUT2D eigenvalue weighted by Gasteiger charge is -2.27. The summed E-state index contributed by atoms with van der Waals surface area (Å²) < 4.78 is 5.59. The van der Waals surface area contributed by atoms with Gasteiger partial charge in [0.1, 0.15) is 0 Å². The van der Waals surface area contributed by atoms with Crippen LogP contribution in [0.1, 0.15) is 32.8 Å². The highest BCUT2D eigenvalue weighted by molar-refractivity contribution is 5.76. The van der Waals surface area contributed by atoms with Crippen LogP contribution < -0.4 is 0 Å². The molecule has 1 rings (SSSR count). The first kappa shape index (κ1) is 13.7. The van der Waals surface area contributed by atoms with Gasteiger partial charge in [0.15, 0.2) is 5.60 Å². The third kappa shape index (κ3) is 4.19. The summed E-state index contributed by atoms with van der Waals surface area (Å²) in [4.78, 5) is 11.3. The quantitative estimate of drug-likeness (QED) is 0.825. The zero-order chi connectivity index (χ0) is 12.9. The predicted octanol–water partition coefficient (Wildman–Crippen LogP) is 3.09. The lowest BCUT2D eigenvalue weighted by Crippen LogP contribution is -2.39. The van der Waals surface area contributed by atoms with E-state index < -0.39 is 11.6 Å². The molecule has 0 saturated heterocycles. The number of rotatable bonds is 6. The molecule has 0 aliphatic carbocycles. The van der Waals surface area contributed by atoms with E-state index in [1.54, 1.807) is 6.92 Å². The third-order valence-electron chi connectivity index (χ3n) is 2.65. The Kier molecular flexibility index (Phi) is 4.70. The van der Waals surface area contributed by atoms with Gasteiger partial charge in [-0.1, -0.05) is 44.2 Å². The summed E-state index contributed by atoms with van der Waals surface area (Å²) in [6.45, 7) is 5.95. The number of benzene rings is 1. The second-order valence-electron chi connectivity index (χ2n) is 4.91. The molecule has 0 spiro atoms. The maximum Gasteiger partial charge on any atom is 0.335 e. The Labute approximate surface area is 102 Å². The van der Waals surface area contributed by atoms with Crippen LogP contribution in [-0.4, -0.2) is 16.7 Å². The van der Waals surface area contributed by atoms with Gasteiger partial charge in [0.25, 0.3) is 0 Å². The Morgan fingerprint density at radius 1 is 1.35 bits per heavy atom. The van der Waals surface area contributed by atoms with Gasteiger partial charge in [-0.2, -0.15) is 0 Å². The van der Waals surface area contributed by atoms with Crippen LogP contribution in [0.2, 0.25) is 0 Å². The van der Waals surface area contributed by atoms with Crippen molar-refractivity contribution in [1.82, 2.24) is 0 Å². The van der Waals surface area contributed by atoms with Crippen molar-refractivity contribution in [1.29, 1.82) is 0 Å². The van der Waals surface area contributed by atoms with Crippen molar-refractivity contribution in [2.45, 2.75) is 39.4 Å². The van der Waals surface area contributed by atoms with Gasteiger partial charge < -0.3 is 9.84 Å². The van der Waals surface area contributed by atoms with Crippen LogP contribution in [0.25, 0.3) is 0 Å². The highest BCUT2D eigenvalue weighted by Crippen LogP contribution is 2.23. The smallest absolute Gasteiger partial charge is 0.335 e. The molecule has 0 bridgehead atoms. The molecule has 1 aromatic carbocycles. The second kappa shape index (κ2) is 5.82.